The van der Waals surface area contributed by atoms with Crippen LogP contribution in [-0.2, 0) is 6.18 Å². The highest BCUT2D eigenvalue weighted by molar-refractivity contribution is 6.02. The number of nitrogens with two attached hydrogens (primary N) is 1. The van der Waals surface area contributed by atoms with Gasteiger partial charge in [0.15, 0.2) is 5.82 Å². The standard InChI is InChI=1S/C35H36F5N9O2/c1-16-10-24-23(13-43-47-24)25(27(16)35(38,39)40)29-28(37)30-26-32(46-34(45-30)51-15-21-8-9-48(21)20-6-4-5-7-20)49(17(2)14-50-33(26)44-29)18(3)22-11-19(36)12-42-31(22)41/h10-13,17-18,20-21H,4-9,14-15H2,1-3H3,(H2,41,42)(H,43,47)/t17-,18?,21?/m0/s1. The van der Waals surface area contributed by atoms with E-state index < -0.39 is 46.7 Å². The Morgan fingerprint density at radius 2 is 1.88 bits per heavy atom. The summed E-state index contributed by atoms with van der Waals surface area (Å²) in [7, 11) is 0. The Morgan fingerprint density at radius 1 is 1.10 bits per heavy atom. The second kappa shape index (κ2) is 12.4. The number of likely N-dealkylation sites (tertiary alicyclic amines) is 1. The van der Waals surface area contributed by atoms with Crippen molar-refractivity contribution in [2.75, 3.05) is 30.4 Å². The third-order valence-corrected chi connectivity index (χ3v) is 10.5. The summed E-state index contributed by atoms with van der Waals surface area (Å²) < 4.78 is 88.2. The number of benzene rings is 1. The number of alkyl halides is 3. The minimum atomic E-state index is -4.86. The van der Waals surface area contributed by atoms with Crippen LogP contribution in [-0.4, -0.2) is 72.9 Å². The lowest BCUT2D eigenvalue weighted by Crippen LogP contribution is -2.55. The number of halogens is 5. The molecule has 1 aliphatic carbocycles. The summed E-state index contributed by atoms with van der Waals surface area (Å²) in [5, 5.41) is 6.68. The van der Waals surface area contributed by atoms with E-state index in [1.807, 2.05) is 6.92 Å². The van der Waals surface area contributed by atoms with E-state index in [0.29, 0.717) is 11.6 Å². The Morgan fingerprint density at radius 3 is 2.61 bits per heavy atom. The number of hydrogen-bond donors (Lipinski definition) is 2. The predicted octanol–water partition coefficient (Wildman–Crippen LogP) is 6.89. The van der Waals surface area contributed by atoms with Gasteiger partial charge in [-0.1, -0.05) is 12.8 Å². The van der Waals surface area contributed by atoms with Gasteiger partial charge in [-0.25, -0.2) is 18.7 Å². The molecule has 3 atom stereocenters. The number of nitrogens with zero attached hydrogens (tertiary/aromatic N) is 7. The van der Waals surface area contributed by atoms with Crippen LogP contribution in [0.3, 0.4) is 0 Å². The molecule has 2 unspecified atom stereocenters. The van der Waals surface area contributed by atoms with Gasteiger partial charge in [-0.05, 0) is 57.7 Å². The largest absolute Gasteiger partial charge is 0.475 e. The number of anilines is 2. The summed E-state index contributed by atoms with van der Waals surface area (Å²) in [5.41, 5.74) is 4.21. The number of H-pyrrole nitrogens is 1. The molecule has 16 heteroatoms. The average molecular weight is 710 g/mol. The van der Waals surface area contributed by atoms with Gasteiger partial charge in [0.05, 0.1) is 35.6 Å². The topological polar surface area (TPSA) is 131 Å². The molecule has 5 aromatic rings. The minimum Gasteiger partial charge on any atom is -0.475 e. The molecule has 8 rings (SSSR count). The predicted molar refractivity (Wildman–Crippen MR) is 179 cm³/mol. The van der Waals surface area contributed by atoms with Gasteiger partial charge >= 0.3 is 12.2 Å². The lowest BCUT2D eigenvalue weighted by Gasteiger charge is -2.44. The van der Waals surface area contributed by atoms with Crippen LogP contribution in [0.4, 0.5) is 33.6 Å². The number of hydrogen-bond acceptors (Lipinski definition) is 10. The fraction of sp³-hybridized carbons (Fsp3) is 0.457. The van der Waals surface area contributed by atoms with E-state index in [2.05, 4.69) is 30.0 Å². The first-order valence-electron chi connectivity index (χ1n) is 17.1. The quantitative estimate of drug-likeness (QED) is 0.172. The van der Waals surface area contributed by atoms with Gasteiger partial charge in [0.25, 0.3) is 0 Å². The normalized spacial score (nSPS) is 20.4. The molecule has 51 heavy (non-hydrogen) atoms. The number of aromatic amines is 1. The van der Waals surface area contributed by atoms with Crippen molar-refractivity contribution in [2.24, 2.45) is 0 Å². The first-order valence-corrected chi connectivity index (χ1v) is 17.1. The molecule has 0 amide bonds. The number of ether oxygens (including phenoxy) is 2. The third kappa shape index (κ3) is 5.63. The van der Waals surface area contributed by atoms with Crippen LogP contribution in [0.1, 0.15) is 68.7 Å². The molecule has 0 radical (unpaired) electrons. The second-order valence-corrected chi connectivity index (χ2v) is 13.7. The summed E-state index contributed by atoms with van der Waals surface area (Å²) >= 11 is 0. The van der Waals surface area contributed by atoms with Crippen molar-refractivity contribution < 1.29 is 31.4 Å². The highest BCUT2D eigenvalue weighted by Crippen LogP contribution is 2.48. The van der Waals surface area contributed by atoms with Crippen molar-refractivity contribution in [3.63, 3.8) is 0 Å². The van der Waals surface area contributed by atoms with Crippen LogP contribution in [0.2, 0.25) is 0 Å². The Hall–Kier alpha value is -4.86. The summed E-state index contributed by atoms with van der Waals surface area (Å²) in [6.07, 6.45) is 2.90. The lowest BCUT2D eigenvalue weighted by atomic mass is 9.94. The van der Waals surface area contributed by atoms with Crippen LogP contribution in [0.25, 0.3) is 33.1 Å². The Balaban J connectivity index is 1.33. The molecule has 1 saturated carbocycles. The van der Waals surface area contributed by atoms with E-state index in [4.69, 9.17) is 20.2 Å². The first-order chi connectivity index (χ1) is 24.4. The van der Waals surface area contributed by atoms with Crippen LogP contribution in [0.15, 0.2) is 24.5 Å². The molecule has 4 aromatic heterocycles. The van der Waals surface area contributed by atoms with Crippen molar-refractivity contribution in [1.82, 2.24) is 35.0 Å². The van der Waals surface area contributed by atoms with Crippen molar-refractivity contribution in [1.29, 1.82) is 0 Å². The summed E-state index contributed by atoms with van der Waals surface area (Å²) in [6, 6.07) is 1.85. The molecule has 3 N–H and O–H groups in total. The molecule has 6 heterocycles. The lowest BCUT2D eigenvalue weighted by molar-refractivity contribution is -0.137. The summed E-state index contributed by atoms with van der Waals surface area (Å²) in [5.74, 6) is -1.64. The molecule has 1 saturated heterocycles. The molecule has 11 nitrogen and oxygen atoms in total. The van der Waals surface area contributed by atoms with Gasteiger partial charge < -0.3 is 20.1 Å². The Bertz CT molecular complexity index is 2150. The zero-order valence-corrected chi connectivity index (χ0v) is 28.2. The molecule has 2 fully saturated rings. The van der Waals surface area contributed by atoms with Gasteiger partial charge in [0.2, 0.25) is 5.88 Å². The van der Waals surface area contributed by atoms with Crippen LogP contribution >= 0.6 is 0 Å². The number of aryl methyl sites for hydroxylation is 1. The Kier molecular flexibility index (Phi) is 8.11. The van der Waals surface area contributed by atoms with Crippen LogP contribution in [0.5, 0.6) is 11.9 Å². The second-order valence-electron chi connectivity index (χ2n) is 13.7. The van der Waals surface area contributed by atoms with Crippen molar-refractivity contribution >= 4 is 33.4 Å². The van der Waals surface area contributed by atoms with Gasteiger partial charge in [-0.15, -0.1) is 0 Å². The number of nitrogens with one attached hydrogen (secondary N) is 1. The third-order valence-electron chi connectivity index (χ3n) is 10.5. The number of rotatable bonds is 7. The van der Waals surface area contributed by atoms with Gasteiger partial charge in [-0.2, -0.15) is 28.2 Å². The molecule has 1 aromatic carbocycles. The SMILES string of the molecule is Cc1cc2[nH]ncc2c(-c2nc3c4c(nc(OCC5CCN5C5CCCC5)nc4c2F)N(C(C)c2cc(F)cnc2N)[C@@H](C)CO3)c1C(F)(F)F. The van der Waals surface area contributed by atoms with E-state index in [-0.39, 0.29) is 70.2 Å². The monoisotopic (exact) mass is 709 g/mol. The van der Waals surface area contributed by atoms with E-state index in [1.165, 1.54) is 38.1 Å². The van der Waals surface area contributed by atoms with Gasteiger partial charge in [0, 0.05) is 35.1 Å². The molecule has 268 valence electrons. The average Bonchev–Trinajstić information content (AvgIpc) is 3.74. The fourth-order valence-electron chi connectivity index (χ4n) is 7.99. The smallest absolute Gasteiger partial charge is 0.417 e. The van der Waals surface area contributed by atoms with E-state index in [1.54, 1.807) is 11.8 Å². The maximum atomic E-state index is 17.2. The molecule has 0 spiro atoms. The summed E-state index contributed by atoms with van der Waals surface area (Å²) in [4.78, 5) is 21.9. The Labute approximate surface area is 289 Å². The van der Waals surface area contributed by atoms with Gasteiger partial charge in [-0.3, -0.25) is 10.00 Å². The van der Waals surface area contributed by atoms with E-state index in [9.17, 15) is 17.6 Å². The molecule has 0 bridgehead atoms. The minimum absolute atomic E-state index is 0.0277. The zero-order chi connectivity index (χ0) is 35.8. The van der Waals surface area contributed by atoms with E-state index in [0.717, 1.165) is 32.0 Å². The zero-order valence-electron chi connectivity index (χ0n) is 28.2. The maximum absolute atomic E-state index is 17.2. The number of fused-ring (bicyclic) bond motifs is 1. The van der Waals surface area contributed by atoms with E-state index >= 15 is 4.39 Å². The van der Waals surface area contributed by atoms with Crippen molar-refractivity contribution in [3.8, 4) is 23.1 Å². The highest BCUT2D eigenvalue weighted by atomic mass is 19.4. The van der Waals surface area contributed by atoms with Crippen LogP contribution in [0, 0.1) is 18.6 Å². The molecular weight excluding hydrogens is 673 g/mol. The van der Waals surface area contributed by atoms with Gasteiger partial charge in [0.1, 0.15) is 47.3 Å². The van der Waals surface area contributed by atoms with Crippen LogP contribution < -0.4 is 20.1 Å². The number of nitrogen functional groups attached to an aromatic ring is 1. The summed E-state index contributed by atoms with van der Waals surface area (Å²) in [6.45, 7) is 6.05. The highest BCUT2D eigenvalue weighted by Gasteiger charge is 2.41. The fourth-order valence-corrected chi connectivity index (χ4v) is 7.99. The molecular formula is C35H36F5N9O2. The first kappa shape index (κ1) is 33.3. The molecule has 2 aliphatic heterocycles. The maximum Gasteiger partial charge on any atom is 0.417 e. The molecule has 3 aliphatic rings. The van der Waals surface area contributed by atoms with Crippen molar-refractivity contribution in [2.45, 2.75) is 83.2 Å². The van der Waals surface area contributed by atoms with Crippen molar-refractivity contribution in [3.05, 3.63) is 52.9 Å². The number of aromatic nitrogens is 6. The number of pyridine rings is 2.